The molecule has 0 radical (unpaired) electrons. The number of hydrogen-bond acceptors (Lipinski definition) is 12. The van der Waals surface area contributed by atoms with Crippen LogP contribution in [0.1, 0.15) is 39.3 Å². The summed E-state index contributed by atoms with van der Waals surface area (Å²) < 4.78 is 10.3. The van der Waals surface area contributed by atoms with Crippen molar-refractivity contribution < 1.29 is 33.9 Å². The number of aromatic nitrogens is 1. The number of anilines is 1. The Balaban J connectivity index is 1.50. The standard InChI is InChI=1S/C23H27N5O7S2/c1-10(11-5-6-11)12-7-36-19-15(26-17(29)14(27-33)13-8-37-22(24)25-13)18(30)28(19)16(12)20(31)34-9-35-21(32)23(2,3)4/h8,11,15,19,33H,1,5-7,9H2,2-4H3,(H2,24,25)(H,26,29)/b27-14-/t15-,19-/m1/s1. The van der Waals surface area contributed by atoms with Gasteiger partial charge >= 0.3 is 11.9 Å². The van der Waals surface area contributed by atoms with Crippen LogP contribution in [-0.4, -0.2) is 68.5 Å². The minimum absolute atomic E-state index is 0.0336. The van der Waals surface area contributed by atoms with E-state index in [0.717, 1.165) is 29.8 Å². The van der Waals surface area contributed by atoms with Crippen molar-refractivity contribution in [2.24, 2.45) is 16.5 Å². The van der Waals surface area contributed by atoms with Crippen molar-refractivity contribution in [3.8, 4) is 0 Å². The molecule has 1 aliphatic carbocycles. The van der Waals surface area contributed by atoms with Crippen LogP contribution in [0.15, 0.2) is 34.0 Å². The summed E-state index contributed by atoms with van der Waals surface area (Å²) in [6, 6.07) is -0.984. The van der Waals surface area contributed by atoms with Gasteiger partial charge in [-0.05, 0) is 50.7 Å². The molecule has 14 heteroatoms. The molecule has 2 aliphatic heterocycles. The van der Waals surface area contributed by atoms with E-state index in [1.54, 1.807) is 20.8 Å². The molecular weight excluding hydrogens is 522 g/mol. The first kappa shape index (κ1) is 26.7. The first-order valence-electron chi connectivity index (χ1n) is 11.4. The van der Waals surface area contributed by atoms with Crippen molar-refractivity contribution in [2.75, 3.05) is 18.3 Å². The van der Waals surface area contributed by atoms with Gasteiger partial charge in [0.05, 0.1) is 5.41 Å². The highest BCUT2D eigenvalue weighted by atomic mass is 32.2. The highest BCUT2D eigenvalue weighted by Crippen LogP contribution is 2.47. The summed E-state index contributed by atoms with van der Waals surface area (Å²) >= 11 is 2.43. The number of rotatable bonds is 8. The average Bonchev–Trinajstić information content (AvgIpc) is 3.61. The summed E-state index contributed by atoms with van der Waals surface area (Å²) in [5.74, 6) is -2.12. The molecule has 1 saturated heterocycles. The van der Waals surface area contributed by atoms with Crippen molar-refractivity contribution >= 4 is 57.7 Å². The molecule has 3 aliphatic rings. The third-order valence-corrected chi connectivity index (χ3v) is 7.93. The van der Waals surface area contributed by atoms with Crippen molar-refractivity contribution in [1.29, 1.82) is 0 Å². The van der Waals surface area contributed by atoms with Crippen LogP contribution in [0.2, 0.25) is 0 Å². The zero-order chi connectivity index (χ0) is 27.1. The van der Waals surface area contributed by atoms with Gasteiger partial charge in [0.15, 0.2) is 10.8 Å². The van der Waals surface area contributed by atoms with Crippen molar-refractivity contribution in [3.05, 3.63) is 34.5 Å². The third-order valence-electron chi connectivity index (χ3n) is 5.98. The van der Waals surface area contributed by atoms with Gasteiger partial charge < -0.3 is 25.7 Å². The van der Waals surface area contributed by atoms with Crippen LogP contribution in [0.3, 0.4) is 0 Å². The van der Waals surface area contributed by atoms with E-state index in [-0.39, 0.29) is 22.4 Å². The van der Waals surface area contributed by atoms with Gasteiger partial charge in [0.25, 0.3) is 11.8 Å². The average molecular weight is 550 g/mol. The Morgan fingerprint density at radius 3 is 2.59 bits per heavy atom. The number of allylic oxidation sites excluding steroid dienone is 1. The number of oxime groups is 1. The molecule has 3 heterocycles. The fourth-order valence-corrected chi connectivity index (χ4v) is 5.72. The van der Waals surface area contributed by atoms with E-state index >= 15 is 0 Å². The lowest BCUT2D eigenvalue weighted by Gasteiger charge is -2.49. The number of fused-ring (bicyclic) bond motifs is 1. The minimum Gasteiger partial charge on any atom is -0.427 e. The van der Waals surface area contributed by atoms with Crippen LogP contribution in [0.5, 0.6) is 0 Å². The van der Waals surface area contributed by atoms with E-state index < -0.39 is 53.1 Å². The lowest BCUT2D eigenvalue weighted by molar-refractivity contribution is -0.173. The predicted molar refractivity (Wildman–Crippen MR) is 135 cm³/mol. The van der Waals surface area contributed by atoms with Crippen LogP contribution in [0.4, 0.5) is 5.13 Å². The van der Waals surface area contributed by atoms with E-state index in [1.165, 1.54) is 22.0 Å². The Hall–Kier alpha value is -3.39. The molecule has 0 bridgehead atoms. The molecule has 1 saturated carbocycles. The first-order valence-corrected chi connectivity index (χ1v) is 13.3. The number of carbonyl (C=O) groups excluding carboxylic acids is 4. The van der Waals surface area contributed by atoms with Crippen molar-refractivity contribution in [1.82, 2.24) is 15.2 Å². The highest BCUT2D eigenvalue weighted by Gasteiger charge is 2.55. The highest BCUT2D eigenvalue weighted by molar-refractivity contribution is 8.00. The number of nitrogens with two attached hydrogens (primary N) is 1. The number of nitrogen functional groups attached to an aromatic ring is 1. The van der Waals surface area contributed by atoms with E-state index in [2.05, 4.69) is 22.0 Å². The van der Waals surface area contributed by atoms with Crippen LogP contribution in [-0.2, 0) is 28.7 Å². The van der Waals surface area contributed by atoms with Gasteiger partial charge in [0.1, 0.15) is 22.8 Å². The number of thioether (sulfide) groups is 1. The Kier molecular flexibility index (Phi) is 7.33. The van der Waals surface area contributed by atoms with Crippen LogP contribution >= 0.6 is 23.1 Å². The topological polar surface area (TPSA) is 174 Å². The molecule has 4 N–H and O–H groups in total. The quantitative estimate of drug-likeness (QED) is 0.108. The smallest absolute Gasteiger partial charge is 0.358 e. The van der Waals surface area contributed by atoms with Gasteiger partial charge in [0, 0.05) is 11.1 Å². The predicted octanol–water partition coefficient (Wildman–Crippen LogP) is 1.61. The summed E-state index contributed by atoms with van der Waals surface area (Å²) in [4.78, 5) is 56.3. The normalized spacial score (nSPS) is 21.6. The largest absolute Gasteiger partial charge is 0.427 e. The Morgan fingerprint density at radius 2 is 2.03 bits per heavy atom. The molecule has 198 valence electrons. The van der Waals surface area contributed by atoms with Gasteiger partial charge in [-0.1, -0.05) is 11.7 Å². The van der Waals surface area contributed by atoms with Gasteiger partial charge in [-0.3, -0.25) is 19.3 Å². The zero-order valence-electron chi connectivity index (χ0n) is 20.5. The number of nitrogens with one attached hydrogen (secondary N) is 1. The molecule has 1 aromatic rings. The Bertz CT molecular complexity index is 1230. The molecule has 12 nitrogen and oxygen atoms in total. The molecular formula is C23H27N5O7S2. The van der Waals surface area contributed by atoms with Crippen LogP contribution in [0.25, 0.3) is 0 Å². The summed E-state index contributed by atoms with van der Waals surface area (Å²) in [5, 5.41) is 15.9. The molecule has 2 amide bonds. The van der Waals surface area contributed by atoms with E-state index in [0.29, 0.717) is 11.3 Å². The number of hydrogen-bond donors (Lipinski definition) is 3. The molecule has 0 unspecified atom stereocenters. The number of esters is 2. The fourth-order valence-electron chi connectivity index (χ4n) is 3.77. The maximum atomic E-state index is 13.2. The summed E-state index contributed by atoms with van der Waals surface area (Å²) in [6.07, 6.45) is 1.89. The number of amides is 2. The number of thiazole rings is 1. The Morgan fingerprint density at radius 1 is 1.32 bits per heavy atom. The fraction of sp³-hybridized carbons (Fsp3) is 0.478. The van der Waals surface area contributed by atoms with Gasteiger partial charge in [0.2, 0.25) is 6.79 Å². The lowest BCUT2D eigenvalue weighted by atomic mass is 9.97. The second-order valence-electron chi connectivity index (χ2n) is 9.74. The summed E-state index contributed by atoms with van der Waals surface area (Å²) in [7, 11) is 0. The lowest BCUT2D eigenvalue weighted by Crippen LogP contribution is -2.71. The SMILES string of the molecule is C=C(C1=C(C(=O)OCOC(=O)C(C)(C)C)N2C(=O)[C@@H](NC(=O)/C(=N\O)c3csc(N)n3)[C@H]2SC1)C1CC1. The van der Waals surface area contributed by atoms with E-state index in [9.17, 15) is 24.4 Å². The zero-order valence-corrected chi connectivity index (χ0v) is 22.1. The van der Waals surface area contributed by atoms with Crippen LogP contribution < -0.4 is 11.1 Å². The monoisotopic (exact) mass is 549 g/mol. The second-order valence-corrected chi connectivity index (χ2v) is 11.7. The third kappa shape index (κ3) is 5.34. The number of ether oxygens (including phenoxy) is 2. The maximum Gasteiger partial charge on any atom is 0.358 e. The molecule has 37 heavy (non-hydrogen) atoms. The van der Waals surface area contributed by atoms with Gasteiger partial charge in [-0.15, -0.1) is 23.1 Å². The maximum absolute atomic E-state index is 13.2. The second kappa shape index (κ2) is 10.2. The first-order chi connectivity index (χ1) is 17.4. The van der Waals surface area contributed by atoms with Gasteiger partial charge in [-0.2, -0.15) is 0 Å². The summed E-state index contributed by atoms with van der Waals surface area (Å²) in [6.45, 7) is 8.54. The van der Waals surface area contributed by atoms with Crippen LogP contribution in [0, 0.1) is 11.3 Å². The number of nitrogens with zero attached hydrogens (tertiary/aromatic N) is 3. The molecule has 0 aromatic carbocycles. The van der Waals surface area contributed by atoms with Crippen molar-refractivity contribution in [3.63, 3.8) is 0 Å². The molecule has 2 atom stereocenters. The van der Waals surface area contributed by atoms with E-state index in [1.807, 2.05) is 0 Å². The molecule has 2 fully saturated rings. The molecule has 4 rings (SSSR count). The summed E-state index contributed by atoms with van der Waals surface area (Å²) in [5.41, 5.74) is 5.89. The molecule has 0 spiro atoms. The number of carbonyl (C=O) groups is 4. The molecule has 1 aromatic heterocycles. The number of β-lactam (4-membered cyclic amide) rings is 1. The minimum atomic E-state index is -0.984. The van der Waals surface area contributed by atoms with Crippen molar-refractivity contribution in [2.45, 2.75) is 45.0 Å². The van der Waals surface area contributed by atoms with E-state index in [4.69, 9.17) is 15.2 Å². The Labute approximate surface area is 220 Å². The van der Waals surface area contributed by atoms with Gasteiger partial charge in [-0.25, -0.2) is 9.78 Å².